The van der Waals surface area contributed by atoms with Crippen LogP contribution in [0.25, 0.3) is 0 Å². The summed E-state index contributed by atoms with van der Waals surface area (Å²) >= 11 is 3.15. The van der Waals surface area contributed by atoms with Crippen LogP contribution in [0.2, 0.25) is 0 Å². The predicted octanol–water partition coefficient (Wildman–Crippen LogP) is 0.0209. The molecule has 0 aliphatic carbocycles. The van der Waals surface area contributed by atoms with Gasteiger partial charge in [0.05, 0.1) is 14.2 Å². The average Bonchev–Trinajstić information content (AvgIpc) is 2.50. The molecule has 0 heterocycles. The van der Waals surface area contributed by atoms with E-state index in [0.717, 1.165) is 17.9 Å². The molecule has 9 heteroatoms. The van der Waals surface area contributed by atoms with Gasteiger partial charge in [0, 0.05) is 18.4 Å². The van der Waals surface area contributed by atoms with Gasteiger partial charge < -0.3 is 20.5 Å². The number of nitrogens with two attached hydrogens (primary N) is 1. The van der Waals surface area contributed by atoms with Crippen molar-refractivity contribution in [2.24, 2.45) is 5.73 Å². The Bertz CT molecular complexity index is 368. The number of thioether (sulfide) groups is 2. The molecule has 0 aromatic rings. The molecular weight excluding hydrogens is 328 g/mol. The Kier molecular flexibility index (Phi) is 12.1. The highest BCUT2D eigenvalue weighted by Gasteiger charge is 2.19. The van der Waals surface area contributed by atoms with E-state index in [1.807, 2.05) is 0 Å². The molecule has 128 valence electrons. The third-order valence-electron chi connectivity index (χ3n) is 2.53. The first-order chi connectivity index (χ1) is 10.4. The van der Waals surface area contributed by atoms with E-state index in [0.29, 0.717) is 11.5 Å². The fourth-order valence-electron chi connectivity index (χ4n) is 1.45. The van der Waals surface area contributed by atoms with E-state index >= 15 is 0 Å². The number of rotatable bonds is 11. The molecule has 0 rings (SSSR count). The van der Waals surface area contributed by atoms with Gasteiger partial charge in [0.1, 0.15) is 12.1 Å². The molecule has 0 unspecified atom stereocenters. The summed E-state index contributed by atoms with van der Waals surface area (Å²) in [5, 5.41) is 2.56. The fourth-order valence-corrected chi connectivity index (χ4v) is 3.51. The van der Waals surface area contributed by atoms with E-state index in [9.17, 15) is 14.4 Å². The number of carbonyl (C=O) groups excluding carboxylic acids is 3. The molecule has 0 radical (unpaired) electrons. The average molecular weight is 352 g/mol. The van der Waals surface area contributed by atoms with Gasteiger partial charge in [-0.25, -0.2) is 4.79 Å². The fraction of sp³-hybridized carbons (Fsp3) is 0.769. The van der Waals surface area contributed by atoms with Crippen molar-refractivity contribution in [2.75, 3.05) is 37.2 Å². The van der Waals surface area contributed by atoms with Crippen molar-refractivity contribution in [1.82, 2.24) is 5.32 Å². The van der Waals surface area contributed by atoms with Crippen molar-refractivity contribution >= 4 is 41.4 Å². The third kappa shape index (κ3) is 9.91. The van der Waals surface area contributed by atoms with E-state index in [4.69, 9.17) is 5.73 Å². The summed E-state index contributed by atoms with van der Waals surface area (Å²) in [7, 11) is 2.61. The molecule has 0 aliphatic rings. The van der Waals surface area contributed by atoms with Crippen molar-refractivity contribution in [2.45, 2.75) is 25.4 Å². The Morgan fingerprint density at radius 1 is 1.05 bits per heavy atom. The number of nitrogens with one attached hydrogen (secondary N) is 1. The summed E-state index contributed by atoms with van der Waals surface area (Å²) in [4.78, 5) is 33.6. The molecule has 22 heavy (non-hydrogen) atoms. The molecule has 2 atom stereocenters. The molecule has 0 spiro atoms. The van der Waals surface area contributed by atoms with E-state index in [1.165, 1.54) is 21.1 Å². The highest BCUT2D eigenvalue weighted by atomic mass is 32.2. The molecule has 0 saturated heterocycles. The predicted molar refractivity (Wildman–Crippen MR) is 88.9 cm³/mol. The molecule has 0 bridgehead atoms. The summed E-state index contributed by atoms with van der Waals surface area (Å²) < 4.78 is 9.18. The maximum absolute atomic E-state index is 11.5. The van der Waals surface area contributed by atoms with Crippen molar-refractivity contribution in [3.8, 4) is 0 Å². The zero-order valence-corrected chi connectivity index (χ0v) is 14.8. The zero-order chi connectivity index (χ0) is 17.0. The van der Waals surface area contributed by atoms with Gasteiger partial charge >= 0.3 is 11.9 Å². The number of esters is 2. The highest BCUT2D eigenvalue weighted by Crippen LogP contribution is 2.11. The lowest BCUT2D eigenvalue weighted by Gasteiger charge is -2.14. The molecule has 0 aromatic heterocycles. The standard InChI is InChI=1S/C13H24N2O5S2/c1-9(16)15-11(13(18)20-3)8-22-6-4-5-21-7-10(14)12(17)19-2/h10-11H,4-8,14H2,1-3H3,(H,15,16)/t10-,11-/m0/s1. The molecule has 3 N–H and O–H groups in total. The topological polar surface area (TPSA) is 108 Å². The van der Waals surface area contributed by atoms with Crippen molar-refractivity contribution < 1.29 is 23.9 Å². The van der Waals surface area contributed by atoms with Crippen LogP contribution < -0.4 is 11.1 Å². The Morgan fingerprint density at radius 2 is 1.59 bits per heavy atom. The monoisotopic (exact) mass is 352 g/mol. The number of ether oxygens (including phenoxy) is 2. The number of methoxy groups -OCH3 is 2. The van der Waals surface area contributed by atoms with Gasteiger partial charge in [-0.2, -0.15) is 23.5 Å². The lowest BCUT2D eigenvalue weighted by Crippen LogP contribution is -2.42. The lowest BCUT2D eigenvalue weighted by molar-refractivity contribution is -0.144. The van der Waals surface area contributed by atoms with Crippen LogP contribution in [-0.2, 0) is 23.9 Å². The quantitative estimate of drug-likeness (QED) is 0.396. The first-order valence-electron chi connectivity index (χ1n) is 6.76. The van der Waals surface area contributed by atoms with E-state index < -0.39 is 24.0 Å². The van der Waals surface area contributed by atoms with Crippen LogP contribution in [0.3, 0.4) is 0 Å². The van der Waals surface area contributed by atoms with Crippen LogP contribution in [-0.4, -0.2) is 67.2 Å². The minimum absolute atomic E-state index is 0.261. The van der Waals surface area contributed by atoms with Gasteiger partial charge in [0.25, 0.3) is 0 Å². The molecule has 7 nitrogen and oxygen atoms in total. The second kappa shape index (κ2) is 12.6. The van der Waals surface area contributed by atoms with Crippen LogP contribution in [0.15, 0.2) is 0 Å². The molecule has 1 amide bonds. The zero-order valence-electron chi connectivity index (χ0n) is 13.1. The smallest absolute Gasteiger partial charge is 0.329 e. The first kappa shape index (κ1) is 21.1. The normalized spacial score (nSPS) is 13.1. The van der Waals surface area contributed by atoms with E-state index in [1.54, 1.807) is 23.5 Å². The lowest BCUT2D eigenvalue weighted by atomic mass is 10.3. The van der Waals surface area contributed by atoms with Crippen molar-refractivity contribution in [3.63, 3.8) is 0 Å². The van der Waals surface area contributed by atoms with Gasteiger partial charge in [0.15, 0.2) is 0 Å². The SMILES string of the molecule is COC(=O)[C@H](CSCCCSC[C@H](N)C(=O)OC)NC(C)=O. The summed E-state index contributed by atoms with van der Waals surface area (Å²) in [5.41, 5.74) is 5.61. The van der Waals surface area contributed by atoms with Gasteiger partial charge in [-0.15, -0.1) is 0 Å². The van der Waals surface area contributed by atoms with E-state index in [-0.39, 0.29) is 5.91 Å². The Balaban J connectivity index is 3.75. The summed E-state index contributed by atoms with van der Waals surface area (Å²) in [6, 6.07) is -1.21. The number of carbonyl (C=O) groups is 3. The third-order valence-corrected chi connectivity index (χ3v) is 4.84. The summed E-state index contributed by atoms with van der Waals surface area (Å²) in [5.74, 6) is 1.59. The molecule has 0 fully saturated rings. The first-order valence-corrected chi connectivity index (χ1v) is 9.07. The largest absolute Gasteiger partial charge is 0.468 e. The van der Waals surface area contributed by atoms with Crippen LogP contribution >= 0.6 is 23.5 Å². The maximum Gasteiger partial charge on any atom is 0.329 e. The molecular formula is C13H24N2O5S2. The van der Waals surface area contributed by atoms with Gasteiger partial charge in [-0.3, -0.25) is 9.59 Å². The molecule has 0 aromatic carbocycles. The van der Waals surface area contributed by atoms with E-state index in [2.05, 4.69) is 14.8 Å². The van der Waals surface area contributed by atoms with Crippen LogP contribution in [0.5, 0.6) is 0 Å². The second-order valence-corrected chi connectivity index (χ2v) is 6.71. The Labute approximate surface area is 139 Å². The Hall–Kier alpha value is -0.930. The van der Waals surface area contributed by atoms with Crippen molar-refractivity contribution in [1.29, 1.82) is 0 Å². The van der Waals surface area contributed by atoms with Crippen LogP contribution in [0.1, 0.15) is 13.3 Å². The second-order valence-electron chi connectivity index (χ2n) is 4.41. The van der Waals surface area contributed by atoms with Gasteiger partial charge in [0.2, 0.25) is 5.91 Å². The van der Waals surface area contributed by atoms with Crippen LogP contribution in [0, 0.1) is 0 Å². The summed E-state index contributed by atoms with van der Waals surface area (Å²) in [6.45, 7) is 1.36. The summed E-state index contributed by atoms with van der Waals surface area (Å²) in [6.07, 6.45) is 0.914. The van der Waals surface area contributed by atoms with Crippen LogP contribution in [0.4, 0.5) is 0 Å². The number of hydrogen-bond acceptors (Lipinski definition) is 8. The minimum Gasteiger partial charge on any atom is -0.468 e. The maximum atomic E-state index is 11.5. The number of hydrogen-bond donors (Lipinski definition) is 2. The molecule has 0 aliphatic heterocycles. The minimum atomic E-state index is -0.618. The van der Waals surface area contributed by atoms with Crippen molar-refractivity contribution in [3.05, 3.63) is 0 Å². The van der Waals surface area contributed by atoms with Gasteiger partial charge in [-0.05, 0) is 17.9 Å². The highest BCUT2D eigenvalue weighted by molar-refractivity contribution is 8.00. The van der Waals surface area contributed by atoms with Gasteiger partial charge in [-0.1, -0.05) is 0 Å². The number of amides is 1. The molecule has 0 saturated carbocycles. The Morgan fingerprint density at radius 3 is 2.09 bits per heavy atom.